The summed E-state index contributed by atoms with van der Waals surface area (Å²) < 4.78 is 0. The lowest BCUT2D eigenvalue weighted by Crippen LogP contribution is -2.38. The quantitative estimate of drug-likeness (QED) is 0.766. The lowest BCUT2D eigenvalue weighted by molar-refractivity contribution is -0.136. The minimum atomic E-state index is 0.240. The molecule has 100 valence electrons. The lowest BCUT2D eigenvalue weighted by Gasteiger charge is -2.27. The summed E-state index contributed by atoms with van der Waals surface area (Å²) in [5, 5.41) is 8.70. The summed E-state index contributed by atoms with van der Waals surface area (Å²) in [4.78, 5) is 14.6. The molecule has 18 heavy (non-hydrogen) atoms. The summed E-state index contributed by atoms with van der Waals surface area (Å²) in [5.74, 6) is 0.583. The summed E-state index contributed by atoms with van der Waals surface area (Å²) >= 11 is 0. The zero-order chi connectivity index (χ0) is 12.8. The van der Waals surface area contributed by atoms with Crippen LogP contribution < -0.4 is 0 Å². The molecule has 2 saturated carbocycles. The van der Waals surface area contributed by atoms with E-state index in [1.165, 1.54) is 32.1 Å². The van der Waals surface area contributed by atoms with E-state index in [1.54, 1.807) is 0 Å². The molecule has 0 radical (unpaired) electrons. The zero-order valence-corrected chi connectivity index (χ0v) is 11.2. The SMILES string of the molecule is N#CCCN(C(=O)C1CCCCCCC1)C1CC1. The number of carbonyl (C=O) groups is 1. The lowest BCUT2D eigenvalue weighted by atomic mass is 9.90. The fraction of sp³-hybridized carbons (Fsp3) is 0.867. The average Bonchev–Trinajstić information content (AvgIpc) is 3.13. The molecule has 3 nitrogen and oxygen atoms in total. The molecule has 1 amide bonds. The number of amides is 1. The molecule has 2 rings (SSSR count). The van der Waals surface area contributed by atoms with Crippen LogP contribution in [0.1, 0.15) is 64.2 Å². The normalized spacial score (nSPS) is 21.7. The van der Waals surface area contributed by atoms with Crippen LogP contribution in [0.4, 0.5) is 0 Å². The van der Waals surface area contributed by atoms with Crippen LogP contribution in [0.5, 0.6) is 0 Å². The Hall–Kier alpha value is -1.04. The maximum atomic E-state index is 12.6. The van der Waals surface area contributed by atoms with E-state index in [0.717, 1.165) is 25.7 Å². The Labute approximate surface area is 110 Å². The van der Waals surface area contributed by atoms with Crippen molar-refractivity contribution in [3.63, 3.8) is 0 Å². The van der Waals surface area contributed by atoms with Crippen LogP contribution in [0, 0.1) is 17.2 Å². The fourth-order valence-corrected chi connectivity index (χ4v) is 2.97. The first-order chi connectivity index (χ1) is 8.83. The van der Waals surface area contributed by atoms with E-state index in [2.05, 4.69) is 6.07 Å². The Morgan fingerprint density at radius 2 is 1.67 bits per heavy atom. The van der Waals surface area contributed by atoms with Crippen LogP contribution >= 0.6 is 0 Å². The van der Waals surface area contributed by atoms with Crippen molar-refractivity contribution in [3.8, 4) is 6.07 Å². The van der Waals surface area contributed by atoms with Crippen molar-refractivity contribution in [1.29, 1.82) is 5.26 Å². The maximum absolute atomic E-state index is 12.6. The summed E-state index contributed by atoms with van der Waals surface area (Å²) in [6.45, 7) is 0.649. The van der Waals surface area contributed by atoms with Gasteiger partial charge in [-0.05, 0) is 25.7 Å². The molecular weight excluding hydrogens is 224 g/mol. The largest absolute Gasteiger partial charge is 0.338 e. The monoisotopic (exact) mass is 248 g/mol. The smallest absolute Gasteiger partial charge is 0.225 e. The highest BCUT2D eigenvalue weighted by Crippen LogP contribution is 2.31. The molecule has 0 bridgehead atoms. The Kier molecular flexibility index (Phi) is 5.04. The van der Waals surface area contributed by atoms with E-state index in [1.807, 2.05) is 4.90 Å². The number of hydrogen-bond acceptors (Lipinski definition) is 2. The summed E-state index contributed by atoms with van der Waals surface area (Å²) in [6, 6.07) is 2.62. The molecule has 0 unspecified atom stereocenters. The Bertz CT molecular complexity index is 309. The standard InChI is InChI=1S/C15H24N2O/c16-11-6-12-17(14-9-10-14)15(18)13-7-4-2-1-3-5-8-13/h13-14H,1-10,12H2. The molecule has 0 spiro atoms. The Morgan fingerprint density at radius 3 is 2.22 bits per heavy atom. The minimum Gasteiger partial charge on any atom is -0.338 e. The third-order valence-corrected chi connectivity index (χ3v) is 4.19. The molecule has 2 aliphatic rings. The van der Waals surface area contributed by atoms with Gasteiger partial charge >= 0.3 is 0 Å². The average molecular weight is 248 g/mol. The maximum Gasteiger partial charge on any atom is 0.225 e. The number of nitriles is 1. The van der Waals surface area contributed by atoms with Crippen molar-refractivity contribution in [2.75, 3.05) is 6.54 Å². The highest BCUT2D eigenvalue weighted by Gasteiger charge is 2.35. The van der Waals surface area contributed by atoms with Crippen molar-refractivity contribution >= 4 is 5.91 Å². The van der Waals surface area contributed by atoms with E-state index in [0.29, 0.717) is 24.9 Å². The fourth-order valence-electron chi connectivity index (χ4n) is 2.97. The summed E-state index contributed by atoms with van der Waals surface area (Å²) in [5.41, 5.74) is 0. The first kappa shape index (κ1) is 13.4. The van der Waals surface area contributed by atoms with Crippen molar-refractivity contribution < 1.29 is 4.79 Å². The highest BCUT2D eigenvalue weighted by molar-refractivity contribution is 5.79. The second-order valence-corrected chi connectivity index (χ2v) is 5.71. The topological polar surface area (TPSA) is 44.1 Å². The van der Waals surface area contributed by atoms with Crippen LogP contribution in [0.15, 0.2) is 0 Å². The van der Waals surface area contributed by atoms with Crippen molar-refractivity contribution in [2.45, 2.75) is 70.3 Å². The number of hydrogen-bond donors (Lipinski definition) is 0. The van der Waals surface area contributed by atoms with Crippen LogP contribution in [-0.2, 0) is 4.79 Å². The molecular formula is C15H24N2O. The van der Waals surface area contributed by atoms with E-state index >= 15 is 0 Å². The van der Waals surface area contributed by atoms with E-state index < -0.39 is 0 Å². The molecule has 0 aromatic carbocycles. The van der Waals surface area contributed by atoms with Gasteiger partial charge in [0.15, 0.2) is 0 Å². The van der Waals surface area contributed by atoms with Crippen LogP contribution in [0.3, 0.4) is 0 Å². The number of rotatable bonds is 4. The predicted molar refractivity (Wildman–Crippen MR) is 70.8 cm³/mol. The first-order valence-electron chi connectivity index (χ1n) is 7.50. The summed E-state index contributed by atoms with van der Waals surface area (Å²) in [7, 11) is 0. The van der Waals surface area contributed by atoms with Gasteiger partial charge in [-0.2, -0.15) is 5.26 Å². The second-order valence-electron chi connectivity index (χ2n) is 5.71. The molecule has 0 aromatic heterocycles. The van der Waals surface area contributed by atoms with Gasteiger partial charge in [0, 0.05) is 18.5 Å². The second kappa shape index (κ2) is 6.78. The van der Waals surface area contributed by atoms with Gasteiger partial charge in [0.05, 0.1) is 12.5 Å². The van der Waals surface area contributed by atoms with Crippen molar-refractivity contribution in [1.82, 2.24) is 4.90 Å². The molecule has 2 fully saturated rings. The van der Waals surface area contributed by atoms with Gasteiger partial charge in [-0.1, -0.05) is 32.1 Å². The van der Waals surface area contributed by atoms with Crippen molar-refractivity contribution in [3.05, 3.63) is 0 Å². The molecule has 0 heterocycles. The molecule has 0 aromatic rings. The summed E-state index contributed by atoms with van der Waals surface area (Å²) in [6.07, 6.45) is 11.2. The van der Waals surface area contributed by atoms with E-state index in [-0.39, 0.29) is 5.92 Å². The zero-order valence-electron chi connectivity index (χ0n) is 11.2. The van der Waals surface area contributed by atoms with Gasteiger partial charge in [-0.25, -0.2) is 0 Å². The Morgan fingerprint density at radius 1 is 1.06 bits per heavy atom. The van der Waals surface area contributed by atoms with Crippen LogP contribution in [0.2, 0.25) is 0 Å². The molecule has 0 aliphatic heterocycles. The van der Waals surface area contributed by atoms with Gasteiger partial charge in [0.2, 0.25) is 5.91 Å². The molecule has 0 saturated heterocycles. The van der Waals surface area contributed by atoms with E-state index in [9.17, 15) is 4.79 Å². The van der Waals surface area contributed by atoms with Gasteiger partial charge in [-0.15, -0.1) is 0 Å². The minimum absolute atomic E-state index is 0.240. The molecule has 0 atom stereocenters. The van der Waals surface area contributed by atoms with Gasteiger partial charge in [-0.3, -0.25) is 4.79 Å². The molecule has 0 N–H and O–H groups in total. The van der Waals surface area contributed by atoms with Crippen LogP contribution in [-0.4, -0.2) is 23.4 Å². The Balaban J connectivity index is 1.91. The highest BCUT2D eigenvalue weighted by atomic mass is 16.2. The first-order valence-corrected chi connectivity index (χ1v) is 7.50. The molecule has 2 aliphatic carbocycles. The van der Waals surface area contributed by atoms with Crippen LogP contribution in [0.25, 0.3) is 0 Å². The third-order valence-electron chi connectivity index (χ3n) is 4.19. The predicted octanol–water partition coefficient (Wildman–Crippen LogP) is 3.25. The molecule has 3 heteroatoms. The van der Waals surface area contributed by atoms with Crippen molar-refractivity contribution in [2.24, 2.45) is 5.92 Å². The van der Waals surface area contributed by atoms with Gasteiger partial charge in [0.25, 0.3) is 0 Å². The number of carbonyl (C=O) groups excluding carboxylic acids is 1. The van der Waals surface area contributed by atoms with Gasteiger partial charge < -0.3 is 4.90 Å². The van der Waals surface area contributed by atoms with E-state index in [4.69, 9.17) is 5.26 Å². The third kappa shape index (κ3) is 3.73. The van der Waals surface area contributed by atoms with Gasteiger partial charge in [0.1, 0.15) is 0 Å². The number of nitrogens with zero attached hydrogens (tertiary/aromatic N) is 2.